The van der Waals surface area contributed by atoms with Gasteiger partial charge in [0.15, 0.2) is 11.5 Å². The van der Waals surface area contributed by atoms with E-state index in [4.69, 9.17) is 14.7 Å². The van der Waals surface area contributed by atoms with Crippen molar-refractivity contribution in [1.82, 2.24) is 0 Å². The molecule has 0 bridgehead atoms. The largest absolute Gasteiger partial charge is 0.486 e. The zero-order valence-corrected chi connectivity index (χ0v) is 11.0. The van der Waals surface area contributed by atoms with Crippen molar-refractivity contribution < 1.29 is 9.47 Å². The zero-order valence-electron chi connectivity index (χ0n) is 11.0. The van der Waals surface area contributed by atoms with E-state index in [1.165, 1.54) is 5.69 Å². The van der Waals surface area contributed by atoms with Crippen molar-refractivity contribution in [3.05, 3.63) is 18.2 Å². The van der Waals surface area contributed by atoms with Crippen molar-refractivity contribution in [3.8, 4) is 17.6 Å². The van der Waals surface area contributed by atoms with Crippen molar-refractivity contribution in [2.24, 2.45) is 5.92 Å². The van der Waals surface area contributed by atoms with Crippen LogP contribution in [0.5, 0.6) is 11.5 Å². The average molecular weight is 258 g/mol. The van der Waals surface area contributed by atoms with Gasteiger partial charge in [-0.15, -0.1) is 0 Å². The van der Waals surface area contributed by atoms with E-state index in [-0.39, 0.29) is 0 Å². The summed E-state index contributed by atoms with van der Waals surface area (Å²) in [5.41, 5.74) is 1.17. The van der Waals surface area contributed by atoms with Gasteiger partial charge in [0.1, 0.15) is 13.2 Å². The second-order valence-electron chi connectivity index (χ2n) is 5.14. The molecule has 2 heterocycles. The first kappa shape index (κ1) is 12.2. The van der Waals surface area contributed by atoms with Gasteiger partial charge in [-0.1, -0.05) is 0 Å². The predicted octanol–water partition coefficient (Wildman–Crippen LogP) is 2.59. The lowest BCUT2D eigenvalue weighted by atomic mass is 9.95. The van der Waals surface area contributed by atoms with Crippen LogP contribution in [0.25, 0.3) is 0 Å². The van der Waals surface area contributed by atoms with Gasteiger partial charge >= 0.3 is 0 Å². The Hall–Kier alpha value is -1.89. The first-order valence-electron chi connectivity index (χ1n) is 6.88. The van der Waals surface area contributed by atoms with Gasteiger partial charge in [0.2, 0.25) is 0 Å². The standard InChI is InChI=1S/C15H18N2O2/c16-6-5-12-2-1-7-17(11-12)13-3-4-14-15(10-13)19-9-8-18-14/h3-4,10,12H,1-2,5,7-9,11H2. The molecular weight excluding hydrogens is 240 g/mol. The number of nitriles is 1. The van der Waals surface area contributed by atoms with Gasteiger partial charge in [0.05, 0.1) is 6.07 Å². The molecule has 0 saturated carbocycles. The normalized spacial score (nSPS) is 21.8. The third-order valence-corrected chi connectivity index (χ3v) is 3.79. The Labute approximate surface area is 113 Å². The Kier molecular flexibility index (Phi) is 3.45. The van der Waals surface area contributed by atoms with E-state index in [1.807, 2.05) is 6.07 Å². The summed E-state index contributed by atoms with van der Waals surface area (Å²) in [5, 5.41) is 8.83. The fourth-order valence-corrected chi connectivity index (χ4v) is 2.82. The molecule has 2 aliphatic heterocycles. The predicted molar refractivity (Wildman–Crippen MR) is 72.6 cm³/mol. The van der Waals surface area contributed by atoms with Crippen LogP contribution in [0, 0.1) is 17.2 Å². The van der Waals surface area contributed by atoms with Gasteiger partial charge < -0.3 is 14.4 Å². The highest BCUT2D eigenvalue weighted by molar-refractivity contribution is 5.57. The molecule has 100 valence electrons. The van der Waals surface area contributed by atoms with E-state index in [0.29, 0.717) is 25.6 Å². The minimum Gasteiger partial charge on any atom is -0.486 e. The maximum atomic E-state index is 8.83. The maximum Gasteiger partial charge on any atom is 0.163 e. The van der Waals surface area contributed by atoms with Crippen LogP contribution in [-0.2, 0) is 0 Å². The van der Waals surface area contributed by atoms with Crippen LogP contribution in [0.3, 0.4) is 0 Å². The van der Waals surface area contributed by atoms with Crippen LogP contribution < -0.4 is 14.4 Å². The first-order chi connectivity index (χ1) is 9.36. The lowest BCUT2D eigenvalue weighted by Crippen LogP contribution is -2.35. The second kappa shape index (κ2) is 5.40. The van der Waals surface area contributed by atoms with Crippen LogP contribution in [0.1, 0.15) is 19.3 Å². The van der Waals surface area contributed by atoms with Crippen LogP contribution in [0.4, 0.5) is 5.69 Å². The number of ether oxygens (including phenoxy) is 2. The van der Waals surface area contributed by atoms with Crippen molar-refractivity contribution in [1.29, 1.82) is 5.26 Å². The van der Waals surface area contributed by atoms with E-state index in [0.717, 1.165) is 37.4 Å². The topological polar surface area (TPSA) is 45.5 Å². The summed E-state index contributed by atoms with van der Waals surface area (Å²) in [5.74, 6) is 2.17. The first-order valence-corrected chi connectivity index (χ1v) is 6.88. The van der Waals surface area contributed by atoms with E-state index < -0.39 is 0 Å². The highest BCUT2D eigenvalue weighted by atomic mass is 16.6. The SMILES string of the molecule is N#CCC1CCCN(c2ccc3c(c2)OCCO3)C1. The van der Waals surface area contributed by atoms with Gasteiger partial charge in [-0.2, -0.15) is 5.26 Å². The monoisotopic (exact) mass is 258 g/mol. The van der Waals surface area contributed by atoms with Gasteiger partial charge in [-0.3, -0.25) is 0 Å². The van der Waals surface area contributed by atoms with E-state index >= 15 is 0 Å². The van der Waals surface area contributed by atoms with Crippen molar-refractivity contribution in [3.63, 3.8) is 0 Å². The molecule has 1 saturated heterocycles. The van der Waals surface area contributed by atoms with Crippen LogP contribution in [-0.4, -0.2) is 26.3 Å². The molecule has 1 atom stereocenters. The molecule has 19 heavy (non-hydrogen) atoms. The minimum atomic E-state index is 0.493. The summed E-state index contributed by atoms with van der Waals surface area (Å²) in [6, 6.07) is 8.42. The molecule has 0 spiro atoms. The Balaban J connectivity index is 1.76. The third-order valence-electron chi connectivity index (χ3n) is 3.79. The Morgan fingerprint density at radius 3 is 2.95 bits per heavy atom. The number of nitrogens with zero attached hydrogens (tertiary/aromatic N) is 2. The number of rotatable bonds is 2. The van der Waals surface area contributed by atoms with Gasteiger partial charge in [-0.25, -0.2) is 0 Å². The quantitative estimate of drug-likeness (QED) is 0.818. The second-order valence-corrected chi connectivity index (χ2v) is 5.14. The van der Waals surface area contributed by atoms with Crippen molar-refractivity contribution in [2.45, 2.75) is 19.3 Å². The number of fused-ring (bicyclic) bond motifs is 1. The molecular formula is C15H18N2O2. The highest BCUT2D eigenvalue weighted by Gasteiger charge is 2.21. The van der Waals surface area contributed by atoms with Crippen LogP contribution in [0.2, 0.25) is 0 Å². The minimum absolute atomic E-state index is 0.493. The summed E-state index contributed by atoms with van der Waals surface area (Å²) in [4.78, 5) is 2.35. The van der Waals surface area contributed by atoms with Crippen LogP contribution in [0.15, 0.2) is 18.2 Å². The van der Waals surface area contributed by atoms with Crippen molar-refractivity contribution in [2.75, 3.05) is 31.2 Å². The Morgan fingerprint density at radius 2 is 2.11 bits per heavy atom. The Morgan fingerprint density at radius 1 is 1.26 bits per heavy atom. The molecule has 2 aliphatic rings. The Bertz CT molecular complexity index is 495. The van der Waals surface area contributed by atoms with Crippen molar-refractivity contribution >= 4 is 5.69 Å². The molecule has 1 unspecified atom stereocenters. The smallest absolute Gasteiger partial charge is 0.163 e. The summed E-state index contributed by atoms with van der Waals surface area (Å²) >= 11 is 0. The van der Waals surface area contributed by atoms with Gasteiger partial charge in [0.25, 0.3) is 0 Å². The number of hydrogen-bond donors (Lipinski definition) is 0. The number of anilines is 1. The van der Waals surface area contributed by atoms with E-state index in [9.17, 15) is 0 Å². The summed E-state index contributed by atoms with van der Waals surface area (Å²) in [6.45, 7) is 3.27. The lowest BCUT2D eigenvalue weighted by Gasteiger charge is -2.34. The molecule has 4 nitrogen and oxygen atoms in total. The third kappa shape index (κ3) is 2.60. The molecule has 0 aromatic heterocycles. The van der Waals surface area contributed by atoms with E-state index in [1.54, 1.807) is 0 Å². The molecule has 1 fully saturated rings. The average Bonchev–Trinajstić information content (AvgIpc) is 2.47. The van der Waals surface area contributed by atoms with Gasteiger partial charge in [-0.05, 0) is 30.9 Å². The van der Waals surface area contributed by atoms with Gasteiger partial charge in [0, 0.05) is 31.3 Å². The fraction of sp³-hybridized carbons (Fsp3) is 0.533. The summed E-state index contributed by atoms with van der Waals surface area (Å²) in [7, 11) is 0. The number of hydrogen-bond acceptors (Lipinski definition) is 4. The molecule has 3 rings (SSSR count). The summed E-state index contributed by atoms with van der Waals surface area (Å²) < 4.78 is 11.2. The fourth-order valence-electron chi connectivity index (χ4n) is 2.82. The highest BCUT2D eigenvalue weighted by Crippen LogP contribution is 2.35. The van der Waals surface area contributed by atoms with E-state index in [2.05, 4.69) is 23.1 Å². The molecule has 4 heteroatoms. The molecule has 0 radical (unpaired) electrons. The number of benzene rings is 1. The maximum absolute atomic E-state index is 8.83. The summed E-state index contributed by atoms with van der Waals surface area (Å²) in [6.07, 6.45) is 2.97. The molecule has 0 N–H and O–H groups in total. The lowest BCUT2D eigenvalue weighted by molar-refractivity contribution is 0.171. The molecule has 0 amide bonds. The number of piperidine rings is 1. The molecule has 0 aliphatic carbocycles. The van der Waals surface area contributed by atoms with Crippen LogP contribution >= 0.6 is 0 Å². The zero-order chi connectivity index (χ0) is 13.1. The molecule has 1 aromatic rings. The molecule has 1 aromatic carbocycles.